The number of benzene rings is 2. The lowest BCUT2D eigenvalue weighted by atomic mass is 10.2. The summed E-state index contributed by atoms with van der Waals surface area (Å²) in [7, 11) is 0. The van der Waals surface area contributed by atoms with Crippen molar-refractivity contribution in [3.63, 3.8) is 0 Å². The minimum absolute atomic E-state index is 0.155. The molecule has 3 aromatic rings. The number of phenolic OH excluding ortho intramolecular Hbond substituents is 1. The van der Waals surface area contributed by atoms with Crippen LogP contribution in [0.2, 0.25) is 0 Å². The zero-order chi connectivity index (χ0) is 14.7. The number of nitrogens with one attached hydrogen (secondary N) is 2. The third-order valence-corrected chi connectivity index (χ3v) is 3.08. The van der Waals surface area contributed by atoms with E-state index in [1.165, 1.54) is 6.21 Å². The summed E-state index contributed by atoms with van der Waals surface area (Å²) in [5, 5.41) is 14.1. The average molecular weight is 279 g/mol. The van der Waals surface area contributed by atoms with Gasteiger partial charge in [-0.05, 0) is 23.8 Å². The number of H-pyrrole nitrogens is 1. The molecule has 5 heteroatoms. The minimum Gasteiger partial charge on any atom is -0.508 e. The van der Waals surface area contributed by atoms with Gasteiger partial charge in [0.2, 0.25) is 0 Å². The van der Waals surface area contributed by atoms with Crippen molar-refractivity contribution in [3.8, 4) is 5.75 Å². The van der Waals surface area contributed by atoms with Crippen molar-refractivity contribution in [3.05, 3.63) is 65.9 Å². The Morgan fingerprint density at radius 2 is 2.05 bits per heavy atom. The van der Waals surface area contributed by atoms with Gasteiger partial charge in [-0.2, -0.15) is 5.10 Å². The van der Waals surface area contributed by atoms with Crippen LogP contribution in [0.4, 0.5) is 0 Å². The molecule has 5 nitrogen and oxygen atoms in total. The van der Waals surface area contributed by atoms with Gasteiger partial charge in [0.1, 0.15) is 5.75 Å². The molecular weight excluding hydrogens is 266 g/mol. The number of hydrogen-bond donors (Lipinski definition) is 3. The first-order chi connectivity index (χ1) is 10.2. The van der Waals surface area contributed by atoms with E-state index in [0.29, 0.717) is 11.1 Å². The molecule has 0 bridgehead atoms. The summed E-state index contributed by atoms with van der Waals surface area (Å²) in [5.74, 6) is -0.134. The lowest BCUT2D eigenvalue weighted by molar-refractivity contribution is 0.0957. The van der Waals surface area contributed by atoms with Gasteiger partial charge < -0.3 is 10.1 Å². The summed E-state index contributed by atoms with van der Waals surface area (Å²) in [6.07, 6.45) is 3.14. The number of para-hydroxylation sites is 1. The summed E-state index contributed by atoms with van der Waals surface area (Å²) in [4.78, 5) is 15.1. The molecule has 0 unspecified atom stereocenters. The van der Waals surface area contributed by atoms with E-state index in [4.69, 9.17) is 0 Å². The second-order valence-electron chi connectivity index (χ2n) is 4.54. The molecule has 0 aliphatic rings. The molecule has 0 aliphatic carbocycles. The molecule has 2 aromatic carbocycles. The van der Waals surface area contributed by atoms with Gasteiger partial charge >= 0.3 is 0 Å². The van der Waals surface area contributed by atoms with E-state index in [0.717, 1.165) is 10.9 Å². The van der Waals surface area contributed by atoms with Gasteiger partial charge in [-0.15, -0.1) is 0 Å². The molecule has 1 aromatic heterocycles. The Hall–Kier alpha value is -3.08. The molecule has 0 saturated heterocycles. The fourth-order valence-electron chi connectivity index (χ4n) is 2.09. The van der Waals surface area contributed by atoms with Crippen LogP contribution in [-0.4, -0.2) is 22.2 Å². The van der Waals surface area contributed by atoms with Crippen LogP contribution in [0, 0.1) is 0 Å². The first-order valence-corrected chi connectivity index (χ1v) is 6.42. The van der Waals surface area contributed by atoms with Crippen molar-refractivity contribution in [1.29, 1.82) is 0 Å². The Kier molecular flexibility index (Phi) is 3.39. The van der Waals surface area contributed by atoms with Crippen LogP contribution in [0.25, 0.3) is 10.9 Å². The van der Waals surface area contributed by atoms with Crippen molar-refractivity contribution >= 4 is 23.0 Å². The molecule has 0 radical (unpaired) electrons. The van der Waals surface area contributed by atoms with Gasteiger partial charge in [0.05, 0.1) is 11.8 Å². The molecule has 0 fully saturated rings. The highest BCUT2D eigenvalue weighted by atomic mass is 16.3. The number of hydrogen-bond acceptors (Lipinski definition) is 3. The summed E-state index contributed by atoms with van der Waals surface area (Å²) in [5.41, 5.74) is 4.62. The number of fused-ring (bicyclic) bond motifs is 1. The van der Waals surface area contributed by atoms with Crippen LogP contribution < -0.4 is 5.43 Å². The Bertz CT molecular complexity index is 821. The largest absolute Gasteiger partial charge is 0.508 e. The normalized spacial score (nSPS) is 11.0. The Balaban J connectivity index is 1.75. The Morgan fingerprint density at radius 1 is 1.19 bits per heavy atom. The third kappa shape index (κ3) is 2.76. The summed E-state index contributed by atoms with van der Waals surface area (Å²) < 4.78 is 0. The molecule has 0 atom stereocenters. The maximum atomic E-state index is 12.1. The van der Waals surface area contributed by atoms with Crippen LogP contribution in [0.1, 0.15) is 15.9 Å². The first kappa shape index (κ1) is 12.9. The van der Waals surface area contributed by atoms with Gasteiger partial charge in [-0.25, -0.2) is 5.43 Å². The van der Waals surface area contributed by atoms with Crippen molar-refractivity contribution in [2.45, 2.75) is 0 Å². The Labute approximate surface area is 120 Å². The van der Waals surface area contributed by atoms with E-state index in [1.54, 1.807) is 30.5 Å². The predicted octanol–water partition coefficient (Wildman–Crippen LogP) is 2.64. The maximum absolute atomic E-state index is 12.1. The van der Waals surface area contributed by atoms with Gasteiger partial charge in [-0.1, -0.05) is 30.3 Å². The van der Waals surface area contributed by atoms with E-state index < -0.39 is 0 Å². The number of carbonyl (C=O) groups is 1. The highest BCUT2D eigenvalue weighted by molar-refractivity contribution is 6.06. The van der Waals surface area contributed by atoms with E-state index in [-0.39, 0.29) is 11.7 Å². The number of aromatic amines is 1. The highest BCUT2D eigenvalue weighted by Crippen LogP contribution is 2.17. The number of amides is 1. The van der Waals surface area contributed by atoms with Gasteiger partial charge in [0, 0.05) is 17.1 Å². The van der Waals surface area contributed by atoms with Gasteiger partial charge in [0.15, 0.2) is 0 Å². The smallest absolute Gasteiger partial charge is 0.273 e. The molecule has 21 heavy (non-hydrogen) atoms. The van der Waals surface area contributed by atoms with Crippen molar-refractivity contribution in [2.75, 3.05) is 0 Å². The summed E-state index contributed by atoms with van der Waals surface area (Å²) in [6, 6.07) is 14.2. The molecule has 1 amide bonds. The number of phenols is 1. The number of aromatic nitrogens is 1. The standard InChI is InChI=1S/C16H13N3O2/c20-12-5-3-4-11(8-12)9-18-19-16(21)14-10-17-15-7-2-1-6-13(14)15/h1-10,17,20H,(H,19,21)/b18-9-. The van der Waals surface area contributed by atoms with Crippen molar-refractivity contribution in [2.24, 2.45) is 5.10 Å². The van der Waals surface area contributed by atoms with Gasteiger partial charge in [-0.3, -0.25) is 4.79 Å². The van der Waals surface area contributed by atoms with Crippen LogP contribution >= 0.6 is 0 Å². The van der Waals surface area contributed by atoms with E-state index >= 15 is 0 Å². The fourth-order valence-corrected chi connectivity index (χ4v) is 2.09. The molecule has 0 spiro atoms. The molecule has 1 heterocycles. The van der Waals surface area contributed by atoms with Crippen LogP contribution in [0.15, 0.2) is 59.8 Å². The quantitative estimate of drug-likeness (QED) is 0.509. The first-order valence-electron chi connectivity index (χ1n) is 6.42. The predicted molar refractivity (Wildman–Crippen MR) is 81.5 cm³/mol. The number of carbonyl (C=O) groups excluding carboxylic acids is 1. The number of hydrazone groups is 1. The second-order valence-corrected chi connectivity index (χ2v) is 4.54. The SMILES string of the molecule is O=C(N/N=C\c1cccc(O)c1)c1c[nH]c2ccccc12. The van der Waals surface area contributed by atoms with E-state index in [2.05, 4.69) is 15.5 Å². The van der Waals surface area contributed by atoms with Crippen LogP contribution in [0.5, 0.6) is 5.75 Å². The number of nitrogens with zero attached hydrogens (tertiary/aromatic N) is 1. The molecule has 0 saturated carbocycles. The maximum Gasteiger partial charge on any atom is 0.273 e. The van der Waals surface area contributed by atoms with E-state index in [9.17, 15) is 9.90 Å². The summed E-state index contributed by atoms with van der Waals surface area (Å²) >= 11 is 0. The molecule has 3 rings (SSSR count). The third-order valence-electron chi connectivity index (χ3n) is 3.08. The zero-order valence-corrected chi connectivity index (χ0v) is 11.1. The number of aromatic hydroxyl groups is 1. The van der Waals surface area contributed by atoms with Gasteiger partial charge in [0.25, 0.3) is 5.91 Å². The molecular formula is C16H13N3O2. The molecule has 3 N–H and O–H groups in total. The van der Waals surface area contributed by atoms with Crippen molar-refractivity contribution < 1.29 is 9.90 Å². The second kappa shape index (κ2) is 5.50. The average Bonchev–Trinajstić information content (AvgIpc) is 2.91. The van der Waals surface area contributed by atoms with Crippen molar-refractivity contribution in [1.82, 2.24) is 10.4 Å². The van der Waals surface area contributed by atoms with E-state index in [1.807, 2.05) is 24.3 Å². The van der Waals surface area contributed by atoms with Crippen LogP contribution in [0.3, 0.4) is 0 Å². The lowest BCUT2D eigenvalue weighted by Gasteiger charge is -1.98. The minimum atomic E-state index is -0.288. The molecule has 0 aliphatic heterocycles. The topological polar surface area (TPSA) is 77.5 Å². The summed E-state index contributed by atoms with van der Waals surface area (Å²) in [6.45, 7) is 0. The highest BCUT2D eigenvalue weighted by Gasteiger charge is 2.10. The number of rotatable bonds is 3. The lowest BCUT2D eigenvalue weighted by Crippen LogP contribution is -2.17. The van der Waals surface area contributed by atoms with Crippen LogP contribution in [-0.2, 0) is 0 Å². The fraction of sp³-hybridized carbons (Fsp3) is 0. The Morgan fingerprint density at radius 3 is 2.90 bits per heavy atom. The molecule has 104 valence electrons. The zero-order valence-electron chi connectivity index (χ0n) is 11.1. The monoisotopic (exact) mass is 279 g/mol.